The van der Waals surface area contributed by atoms with Crippen molar-refractivity contribution in [1.29, 1.82) is 0 Å². The van der Waals surface area contributed by atoms with Crippen LogP contribution in [0.1, 0.15) is 23.0 Å². The zero-order valence-corrected chi connectivity index (χ0v) is 10.2. The van der Waals surface area contributed by atoms with Crippen molar-refractivity contribution in [2.75, 3.05) is 0 Å². The fourth-order valence-electron chi connectivity index (χ4n) is 1.45. The maximum atomic E-state index is 11.7. The summed E-state index contributed by atoms with van der Waals surface area (Å²) in [5, 5.41) is 13.6. The Morgan fingerprint density at radius 1 is 1.32 bits per heavy atom. The van der Waals surface area contributed by atoms with Crippen LogP contribution in [-0.4, -0.2) is 26.7 Å². The molecule has 0 aliphatic carbocycles. The highest BCUT2D eigenvalue weighted by Gasteiger charge is 2.07. The number of nitrogens with zero attached hydrogens (tertiary/aromatic N) is 3. The van der Waals surface area contributed by atoms with Crippen LogP contribution in [0.25, 0.3) is 0 Å². The Kier molecular flexibility index (Phi) is 3.82. The van der Waals surface area contributed by atoms with Crippen LogP contribution in [0.2, 0.25) is 0 Å². The second-order valence-electron chi connectivity index (χ2n) is 3.75. The fourth-order valence-corrected chi connectivity index (χ4v) is 1.45. The minimum atomic E-state index is -0.456. The first-order valence-electron chi connectivity index (χ1n) is 5.57. The van der Waals surface area contributed by atoms with Crippen LogP contribution in [0.5, 0.6) is 5.75 Å². The van der Waals surface area contributed by atoms with Gasteiger partial charge in [0.25, 0.3) is 5.91 Å². The number of carbonyl (C=O) groups is 1. The number of nitrogens with one attached hydrogen (secondary N) is 1. The average molecular weight is 256 g/mol. The number of benzene rings is 1. The van der Waals surface area contributed by atoms with Gasteiger partial charge >= 0.3 is 0 Å². The molecule has 0 aliphatic rings. The van der Waals surface area contributed by atoms with E-state index in [-0.39, 0.29) is 11.4 Å². The summed E-state index contributed by atoms with van der Waals surface area (Å²) in [7, 11) is 0. The number of carbonyl (C=O) groups excluding carboxylic acids is 1. The molecule has 0 spiro atoms. The zero-order chi connectivity index (χ0) is 13.7. The van der Waals surface area contributed by atoms with Gasteiger partial charge in [-0.15, -0.1) is 0 Å². The molecule has 6 heteroatoms. The van der Waals surface area contributed by atoms with Gasteiger partial charge in [0, 0.05) is 18.0 Å². The molecule has 0 unspecified atom stereocenters. The summed E-state index contributed by atoms with van der Waals surface area (Å²) in [5.41, 5.74) is 3.59. The molecule has 1 aromatic carbocycles. The molecular weight excluding hydrogens is 244 g/mol. The van der Waals surface area contributed by atoms with Crippen molar-refractivity contribution >= 4 is 11.6 Å². The van der Waals surface area contributed by atoms with E-state index >= 15 is 0 Å². The second kappa shape index (κ2) is 5.72. The van der Waals surface area contributed by atoms with Crippen LogP contribution in [0.15, 0.2) is 48.0 Å². The highest BCUT2D eigenvalue weighted by atomic mass is 16.3. The SMILES string of the molecule is C/C(=N/NC(=O)c1cnccn1)c1ccccc1O. The lowest BCUT2D eigenvalue weighted by molar-refractivity contribution is 0.0949. The average Bonchev–Trinajstić information content (AvgIpc) is 2.46. The van der Waals surface area contributed by atoms with Gasteiger partial charge in [-0.1, -0.05) is 12.1 Å². The second-order valence-corrected chi connectivity index (χ2v) is 3.75. The first-order chi connectivity index (χ1) is 9.18. The highest BCUT2D eigenvalue weighted by Crippen LogP contribution is 2.16. The zero-order valence-electron chi connectivity index (χ0n) is 10.2. The summed E-state index contributed by atoms with van der Waals surface area (Å²) in [4.78, 5) is 19.3. The van der Waals surface area contributed by atoms with Crippen LogP contribution in [-0.2, 0) is 0 Å². The molecule has 0 aliphatic heterocycles. The maximum Gasteiger partial charge on any atom is 0.291 e. The number of amides is 1. The van der Waals surface area contributed by atoms with Crippen LogP contribution in [0.3, 0.4) is 0 Å². The van der Waals surface area contributed by atoms with Gasteiger partial charge in [-0.2, -0.15) is 5.10 Å². The van der Waals surface area contributed by atoms with Gasteiger partial charge in [-0.25, -0.2) is 10.4 Å². The molecule has 1 aromatic heterocycles. The Hall–Kier alpha value is -2.76. The molecule has 19 heavy (non-hydrogen) atoms. The number of phenolic OH excluding ortho intramolecular Hbond substituents is 1. The first-order valence-corrected chi connectivity index (χ1v) is 5.57. The number of rotatable bonds is 3. The normalized spacial score (nSPS) is 11.1. The lowest BCUT2D eigenvalue weighted by Crippen LogP contribution is -2.20. The van der Waals surface area contributed by atoms with E-state index in [1.807, 2.05) is 0 Å². The lowest BCUT2D eigenvalue weighted by atomic mass is 10.1. The monoisotopic (exact) mass is 256 g/mol. The number of hydrogen-bond acceptors (Lipinski definition) is 5. The highest BCUT2D eigenvalue weighted by molar-refractivity contribution is 6.02. The molecule has 0 bridgehead atoms. The number of hydrazone groups is 1. The van der Waals surface area contributed by atoms with E-state index in [2.05, 4.69) is 20.5 Å². The van der Waals surface area contributed by atoms with Crippen molar-refractivity contribution in [3.8, 4) is 5.75 Å². The van der Waals surface area contributed by atoms with Crippen LogP contribution in [0.4, 0.5) is 0 Å². The minimum absolute atomic E-state index is 0.109. The lowest BCUT2D eigenvalue weighted by Gasteiger charge is -2.04. The molecular formula is C13H12N4O2. The van der Waals surface area contributed by atoms with Crippen LogP contribution < -0.4 is 5.43 Å². The van der Waals surface area contributed by atoms with Gasteiger partial charge in [0.05, 0.1) is 11.9 Å². The molecule has 2 aromatic rings. The van der Waals surface area contributed by atoms with Gasteiger partial charge in [0.15, 0.2) is 0 Å². The quantitative estimate of drug-likeness (QED) is 0.640. The van der Waals surface area contributed by atoms with Crippen molar-refractivity contribution in [1.82, 2.24) is 15.4 Å². The summed E-state index contributed by atoms with van der Waals surface area (Å²) in [6, 6.07) is 6.75. The summed E-state index contributed by atoms with van der Waals surface area (Å²) in [6.07, 6.45) is 4.25. The molecule has 2 rings (SSSR count). The Labute approximate surface area is 109 Å². The van der Waals surface area contributed by atoms with E-state index in [0.29, 0.717) is 11.3 Å². The summed E-state index contributed by atoms with van der Waals surface area (Å²) in [5.74, 6) is -0.347. The molecule has 0 radical (unpaired) electrons. The van der Waals surface area contributed by atoms with Crippen molar-refractivity contribution in [3.63, 3.8) is 0 Å². The molecule has 0 fully saturated rings. The molecule has 1 amide bonds. The predicted molar refractivity (Wildman–Crippen MR) is 69.8 cm³/mol. The van der Waals surface area contributed by atoms with Crippen LogP contribution >= 0.6 is 0 Å². The van der Waals surface area contributed by atoms with E-state index in [1.54, 1.807) is 31.2 Å². The number of phenols is 1. The van der Waals surface area contributed by atoms with Crippen molar-refractivity contribution < 1.29 is 9.90 Å². The molecule has 6 nitrogen and oxygen atoms in total. The number of aromatic nitrogens is 2. The Bertz CT molecular complexity index is 611. The standard InChI is InChI=1S/C13H12N4O2/c1-9(10-4-2-3-5-12(10)18)16-17-13(19)11-8-14-6-7-15-11/h2-8,18H,1H3,(H,17,19)/b16-9-. The number of hydrogen-bond donors (Lipinski definition) is 2. The Morgan fingerprint density at radius 2 is 2.11 bits per heavy atom. The summed E-state index contributed by atoms with van der Waals surface area (Å²) in [6.45, 7) is 1.69. The minimum Gasteiger partial charge on any atom is -0.507 e. The number of para-hydroxylation sites is 1. The summed E-state index contributed by atoms with van der Waals surface area (Å²) >= 11 is 0. The molecule has 1 heterocycles. The van der Waals surface area contributed by atoms with Gasteiger partial charge in [-0.05, 0) is 19.1 Å². The van der Waals surface area contributed by atoms with Crippen molar-refractivity contribution in [3.05, 3.63) is 54.1 Å². The summed E-state index contributed by atoms with van der Waals surface area (Å²) < 4.78 is 0. The number of aromatic hydroxyl groups is 1. The molecule has 96 valence electrons. The van der Waals surface area contributed by atoms with E-state index in [1.165, 1.54) is 18.6 Å². The molecule has 0 saturated heterocycles. The smallest absolute Gasteiger partial charge is 0.291 e. The fraction of sp³-hybridized carbons (Fsp3) is 0.0769. The topological polar surface area (TPSA) is 87.5 Å². The Morgan fingerprint density at radius 3 is 2.79 bits per heavy atom. The van der Waals surface area contributed by atoms with Gasteiger partial charge in [-0.3, -0.25) is 9.78 Å². The largest absolute Gasteiger partial charge is 0.507 e. The first kappa shape index (κ1) is 12.7. The van der Waals surface area contributed by atoms with E-state index < -0.39 is 5.91 Å². The molecule has 0 saturated carbocycles. The van der Waals surface area contributed by atoms with E-state index in [9.17, 15) is 9.90 Å². The van der Waals surface area contributed by atoms with Gasteiger partial charge < -0.3 is 5.11 Å². The molecule has 0 atom stereocenters. The third kappa shape index (κ3) is 3.12. The van der Waals surface area contributed by atoms with Crippen LogP contribution in [0, 0.1) is 0 Å². The van der Waals surface area contributed by atoms with E-state index in [4.69, 9.17) is 0 Å². The van der Waals surface area contributed by atoms with Gasteiger partial charge in [0.1, 0.15) is 11.4 Å². The van der Waals surface area contributed by atoms with E-state index in [0.717, 1.165) is 0 Å². The van der Waals surface area contributed by atoms with Gasteiger partial charge in [0.2, 0.25) is 0 Å². The predicted octanol–water partition coefficient (Wildman–Crippen LogP) is 1.34. The third-order valence-corrected chi connectivity index (χ3v) is 2.41. The molecule has 2 N–H and O–H groups in total. The van der Waals surface area contributed by atoms with Crippen molar-refractivity contribution in [2.24, 2.45) is 5.10 Å². The maximum absolute atomic E-state index is 11.7. The Balaban J connectivity index is 2.11. The third-order valence-electron chi connectivity index (χ3n) is 2.41. The van der Waals surface area contributed by atoms with Crippen molar-refractivity contribution in [2.45, 2.75) is 6.92 Å².